The molecule has 0 saturated heterocycles. The molecule has 6 nitrogen and oxygen atoms in total. The van der Waals surface area contributed by atoms with Crippen LogP contribution < -0.4 is 10.6 Å². The number of hydrogen-bond acceptors (Lipinski definition) is 4. The summed E-state index contributed by atoms with van der Waals surface area (Å²) in [5.74, 6) is 0.609. The molecule has 0 aliphatic heterocycles. The Bertz CT molecular complexity index is 620. The third-order valence-electron chi connectivity index (χ3n) is 3.28. The average Bonchev–Trinajstić information content (AvgIpc) is 2.90. The molecule has 2 aromatic heterocycles. The Morgan fingerprint density at radius 3 is 2.81 bits per heavy atom. The van der Waals surface area contributed by atoms with Gasteiger partial charge in [-0.25, -0.2) is 4.98 Å². The number of pyridine rings is 1. The lowest BCUT2D eigenvalue weighted by molar-refractivity contribution is 0.0950. The largest absolute Gasteiger partial charge is 0.373 e. The molecule has 2 rings (SSSR count). The molecule has 0 radical (unpaired) electrons. The van der Waals surface area contributed by atoms with Crippen LogP contribution in [0.2, 0.25) is 0 Å². The van der Waals surface area contributed by atoms with Gasteiger partial charge in [-0.2, -0.15) is 5.10 Å². The molecule has 0 atom stereocenters. The number of aryl methyl sites for hydroxylation is 2. The molecule has 0 saturated carbocycles. The summed E-state index contributed by atoms with van der Waals surface area (Å²) >= 11 is 0. The number of hydrogen-bond donors (Lipinski definition) is 3. The summed E-state index contributed by atoms with van der Waals surface area (Å²) in [6, 6.07) is 3.61. The van der Waals surface area contributed by atoms with Crippen LogP contribution in [0, 0.1) is 6.92 Å². The molecule has 0 bridgehead atoms. The third kappa shape index (κ3) is 3.81. The Balaban J connectivity index is 2.10. The number of H-pyrrole nitrogens is 1. The number of nitrogens with zero attached hydrogens (tertiary/aromatic N) is 2. The van der Waals surface area contributed by atoms with E-state index in [9.17, 15) is 4.79 Å². The van der Waals surface area contributed by atoms with Crippen molar-refractivity contribution in [2.24, 2.45) is 0 Å². The van der Waals surface area contributed by atoms with Gasteiger partial charge in [-0.3, -0.25) is 9.89 Å². The third-order valence-corrected chi connectivity index (χ3v) is 3.28. The number of nitrogens with one attached hydrogen (secondary N) is 3. The molecule has 0 fully saturated rings. The predicted octanol–water partition coefficient (Wildman–Crippen LogP) is 2.04. The van der Waals surface area contributed by atoms with Crippen LogP contribution in [0.1, 0.15) is 40.7 Å². The van der Waals surface area contributed by atoms with Crippen molar-refractivity contribution in [3.8, 4) is 0 Å². The molecule has 0 aliphatic rings. The Hall–Kier alpha value is -2.37. The van der Waals surface area contributed by atoms with Crippen molar-refractivity contribution >= 4 is 11.7 Å². The molecule has 2 aromatic rings. The van der Waals surface area contributed by atoms with Crippen LogP contribution in [-0.4, -0.2) is 28.1 Å². The van der Waals surface area contributed by atoms with E-state index in [0.29, 0.717) is 17.9 Å². The normalized spacial score (nSPS) is 10.4. The number of anilines is 1. The number of amides is 1. The van der Waals surface area contributed by atoms with Crippen molar-refractivity contribution in [1.29, 1.82) is 0 Å². The van der Waals surface area contributed by atoms with Crippen molar-refractivity contribution in [3.63, 3.8) is 0 Å². The quantitative estimate of drug-likeness (QED) is 0.759. The van der Waals surface area contributed by atoms with E-state index in [-0.39, 0.29) is 5.91 Å². The van der Waals surface area contributed by atoms with Crippen molar-refractivity contribution in [3.05, 3.63) is 40.8 Å². The molecule has 3 N–H and O–H groups in total. The van der Waals surface area contributed by atoms with Gasteiger partial charge in [0.05, 0.1) is 6.20 Å². The number of aromatic nitrogens is 3. The zero-order valence-corrected chi connectivity index (χ0v) is 12.7. The zero-order valence-electron chi connectivity index (χ0n) is 12.7. The van der Waals surface area contributed by atoms with Crippen LogP contribution in [-0.2, 0) is 13.0 Å². The molecular weight excluding hydrogens is 266 g/mol. The van der Waals surface area contributed by atoms with Crippen molar-refractivity contribution in [2.75, 3.05) is 12.4 Å². The minimum Gasteiger partial charge on any atom is -0.373 e. The predicted molar refractivity (Wildman–Crippen MR) is 82.3 cm³/mol. The van der Waals surface area contributed by atoms with Gasteiger partial charge in [-0.15, -0.1) is 0 Å². The van der Waals surface area contributed by atoms with Crippen LogP contribution in [0.3, 0.4) is 0 Å². The standard InChI is InChI=1S/C15H21N5O/c1-4-5-13-6-11(7-14(16-3)19-13)15(21)17-8-12-9-18-20-10(12)2/h6-7,9H,4-5,8H2,1-3H3,(H,16,19)(H,17,21)(H,18,20). The fourth-order valence-electron chi connectivity index (χ4n) is 2.06. The Morgan fingerprint density at radius 1 is 1.38 bits per heavy atom. The maximum atomic E-state index is 12.3. The summed E-state index contributed by atoms with van der Waals surface area (Å²) in [4.78, 5) is 16.7. The van der Waals surface area contributed by atoms with E-state index in [4.69, 9.17) is 0 Å². The Kier molecular flexibility index (Phi) is 4.92. The fourth-order valence-corrected chi connectivity index (χ4v) is 2.06. The summed E-state index contributed by atoms with van der Waals surface area (Å²) in [5.41, 5.74) is 3.50. The highest BCUT2D eigenvalue weighted by Crippen LogP contribution is 2.12. The molecule has 0 spiro atoms. The monoisotopic (exact) mass is 287 g/mol. The second-order valence-electron chi connectivity index (χ2n) is 4.94. The molecule has 0 unspecified atom stereocenters. The van der Waals surface area contributed by atoms with Gasteiger partial charge in [0.25, 0.3) is 5.91 Å². The second-order valence-corrected chi connectivity index (χ2v) is 4.94. The highest BCUT2D eigenvalue weighted by molar-refractivity contribution is 5.95. The lowest BCUT2D eigenvalue weighted by Gasteiger charge is -2.09. The van der Waals surface area contributed by atoms with Crippen LogP contribution in [0.5, 0.6) is 0 Å². The minimum atomic E-state index is -0.105. The first-order chi connectivity index (χ1) is 10.1. The number of rotatable bonds is 6. The van der Waals surface area contributed by atoms with E-state index < -0.39 is 0 Å². The minimum absolute atomic E-state index is 0.105. The summed E-state index contributed by atoms with van der Waals surface area (Å²) in [6.45, 7) is 4.48. The van der Waals surface area contributed by atoms with Crippen molar-refractivity contribution in [1.82, 2.24) is 20.5 Å². The van der Waals surface area contributed by atoms with Gasteiger partial charge in [0.1, 0.15) is 5.82 Å². The SMILES string of the molecule is CCCc1cc(C(=O)NCc2cn[nH]c2C)cc(NC)n1. The Labute approximate surface area is 124 Å². The second kappa shape index (κ2) is 6.88. The van der Waals surface area contributed by atoms with Gasteiger partial charge >= 0.3 is 0 Å². The van der Waals surface area contributed by atoms with E-state index >= 15 is 0 Å². The van der Waals surface area contributed by atoms with Crippen LogP contribution in [0.15, 0.2) is 18.3 Å². The molecule has 6 heteroatoms. The van der Waals surface area contributed by atoms with Crippen LogP contribution >= 0.6 is 0 Å². The highest BCUT2D eigenvalue weighted by atomic mass is 16.1. The number of carbonyl (C=O) groups excluding carboxylic acids is 1. The molecular formula is C15H21N5O. The van der Waals surface area contributed by atoms with Crippen molar-refractivity contribution in [2.45, 2.75) is 33.2 Å². The lowest BCUT2D eigenvalue weighted by atomic mass is 10.1. The summed E-state index contributed by atoms with van der Waals surface area (Å²) in [6.07, 6.45) is 3.58. The van der Waals surface area contributed by atoms with Gasteiger partial charge < -0.3 is 10.6 Å². The van der Waals surface area contributed by atoms with E-state index in [2.05, 4.69) is 32.7 Å². The van der Waals surface area contributed by atoms with E-state index in [0.717, 1.165) is 29.8 Å². The Morgan fingerprint density at radius 2 is 2.19 bits per heavy atom. The maximum Gasteiger partial charge on any atom is 0.251 e. The fraction of sp³-hybridized carbons (Fsp3) is 0.400. The van der Waals surface area contributed by atoms with E-state index in [1.54, 1.807) is 19.3 Å². The molecule has 0 aromatic carbocycles. The topological polar surface area (TPSA) is 82.7 Å². The van der Waals surface area contributed by atoms with Crippen LogP contribution in [0.25, 0.3) is 0 Å². The highest BCUT2D eigenvalue weighted by Gasteiger charge is 2.10. The zero-order chi connectivity index (χ0) is 15.2. The summed E-state index contributed by atoms with van der Waals surface area (Å²) in [7, 11) is 1.80. The molecule has 21 heavy (non-hydrogen) atoms. The van der Waals surface area contributed by atoms with Gasteiger partial charge in [0.15, 0.2) is 0 Å². The van der Waals surface area contributed by atoms with Crippen molar-refractivity contribution < 1.29 is 4.79 Å². The van der Waals surface area contributed by atoms with Gasteiger partial charge in [0.2, 0.25) is 0 Å². The summed E-state index contributed by atoms with van der Waals surface area (Å²) < 4.78 is 0. The maximum absolute atomic E-state index is 12.3. The van der Waals surface area contributed by atoms with Crippen LogP contribution in [0.4, 0.5) is 5.82 Å². The first-order valence-electron chi connectivity index (χ1n) is 7.09. The average molecular weight is 287 g/mol. The lowest BCUT2D eigenvalue weighted by Crippen LogP contribution is -2.23. The number of aromatic amines is 1. The first kappa shape index (κ1) is 15.0. The molecule has 2 heterocycles. The number of carbonyl (C=O) groups is 1. The molecule has 0 aliphatic carbocycles. The summed E-state index contributed by atoms with van der Waals surface area (Å²) in [5, 5.41) is 12.7. The van der Waals surface area contributed by atoms with E-state index in [1.165, 1.54) is 0 Å². The van der Waals surface area contributed by atoms with Gasteiger partial charge in [-0.1, -0.05) is 13.3 Å². The van der Waals surface area contributed by atoms with Gasteiger partial charge in [-0.05, 0) is 25.5 Å². The van der Waals surface area contributed by atoms with E-state index in [1.807, 2.05) is 13.0 Å². The van der Waals surface area contributed by atoms with Gasteiger partial charge in [0, 0.05) is 36.1 Å². The molecule has 112 valence electrons. The smallest absolute Gasteiger partial charge is 0.251 e. The molecule has 1 amide bonds. The first-order valence-corrected chi connectivity index (χ1v) is 7.09.